The summed E-state index contributed by atoms with van der Waals surface area (Å²) in [6, 6.07) is 10.1. The predicted molar refractivity (Wildman–Crippen MR) is 126 cm³/mol. The van der Waals surface area contributed by atoms with Gasteiger partial charge in [0.25, 0.3) is 11.7 Å². The van der Waals surface area contributed by atoms with Gasteiger partial charge in [0.05, 0.1) is 18.2 Å². The highest BCUT2D eigenvalue weighted by Gasteiger charge is 2.45. The van der Waals surface area contributed by atoms with Crippen molar-refractivity contribution >= 4 is 17.4 Å². The van der Waals surface area contributed by atoms with Gasteiger partial charge < -0.3 is 19.6 Å². The number of halogens is 1. The third-order valence-electron chi connectivity index (χ3n) is 5.64. The second-order valence-electron chi connectivity index (χ2n) is 8.53. The maximum atomic E-state index is 13.6. The smallest absolute Gasteiger partial charge is 0.295 e. The molecule has 1 N–H and O–H groups in total. The van der Waals surface area contributed by atoms with E-state index in [2.05, 4.69) is 0 Å². The molecule has 1 amide bonds. The Morgan fingerprint density at radius 1 is 1.15 bits per heavy atom. The van der Waals surface area contributed by atoms with E-state index in [1.54, 1.807) is 30.3 Å². The average molecular weight is 455 g/mol. The number of hydrogen-bond donors (Lipinski definition) is 1. The number of aliphatic hydroxyl groups excluding tert-OH is 1. The van der Waals surface area contributed by atoms with Crippen LogP contribution in [0.4, 0.5) is 4.39 Å². The molecule has 2 aromatic rings. The van der Waals surface area contributed by atoms with E-state index in [1.165, 1.54) is 17.0 Å². The number of aryl methyl sites for hydroxylation is 1. The minimum Gasteiger partial charge on any atom is -0.507 e. The number of aliphatic hydroxyl groups is 1. The van der Waals surface area contributed by atoms with Crippen LogP contribution in [-0.4, -0.2) is 60.4 Å². The normalized spacial score (nSPS) is 17.8. The molecule has 1 heterocycles. The molecule has 1 aliphatic rings. The van der Waals surface area contributed by atoms with Crippen molar-refractivity contribution in [3.63, 3.8) is 0 Å². The number of carbonyl (C=O) groups excluding carboxylic acids is 2. The van der Waals surface area contributed by atoms with Gasteiger partial charge >= 0.3 is 0 Å². The summed E-state index contributed by atoms with van der Waals surface area (Å²) >= 11 is 0. The molecular formula is C26H31FN2O4. The van der Waals surface area contributed by atoms with Crippen LogP contribution in [0, 0.1) is 12.7 Å². The van der Waals surface area contributed by atoms with E-state index in [4.69, 9.17) is 4.74 Å². The molecular weight excluding hydrogens is 423 g/mol. The quantitative estimate of drug-likeness (QED) is 0.348. The molecule has 1 fully saturated rings. The molecule has 0 bridgehead atoms. The molecule has 3 rings (SSSR count). The molecule has 7 heteroatoms. The van der Waals surface area contributed by atoms with Crippen molar-refractivity contribution in [2.24, 2.45) is 0 Å². The molecule has 1 aliphatic heterocycles. The van der Waals surface area contributed by atoms with E-state index in [0.717, 1.165) is 18.5 Å². The number of rotatable bonds is 9. The molecule has 0 spiro atoms. The number of carbonyl (C=O) groups is 2. The Hall–Kier alpha value is -3.19. The number of likely N-dealkylation sites (tertiary alicyclic amines) is 1. The summed E-state index contributed by atoms with van der Waals surface area (Å²) in [6.07, 6.45) is 1.52. The molecule has 2 aromatic carbocycles. The van der Waals surface area contributed by atoms with Crippen LogP contribution in [0.3, 0.4) is 0 Å². The minimum atomic E-state index is -0.788. The molecule has 0 aliphatic carbocycles. The first kappa shape index (κ1) is 24.5. The first-order chi connectivity index (χ1) is 15.7. The van der Waals surface area contributed by atoms with Gasteiger partial charge in [-0.2, -0.15) is 0 Å². The Balaban J connectivity index is 2.05. The number of hydrogen-bond acceptors (Lipinski definition) is 5. The van der Waals surface area contributed by atoms with Crippen molar-refractivity contribution in [1.82, 2.24) is 9.80 Å². The summed E-state index contributed by atoms with van der Waals surface area (Å²) in [5.41, 5.74) is 1.82. The second kappa shape index (κ2) is 10.6. The molecule has 1 atom stereocenters. The standard InChI is InChI=1S/C26H31FN2O4/c1-5-15-33-21-12-9-19(16-17(21)2)24(30)22-23(18-7-10-20(27)11-8-18)29(26(32)25(22)31)14-6-13-28(3)4/h7-12,16,23,30H,5-6,13-15H2,1-4H3/t23-/m0/s1. The summed E-state index contributed by atoms with van der Waals surface area (Å²) in [4.78, 5) is 29.5. The Bertz CT molecular complexity index is 1050. The van der Waals surface area contributed by atoms with Gasteiger partial charge in [0.2, 0.25) is 0 Å². The zero-order valence-corrected chi connectivity index (χ0v) is 19.6. The largest absolute Gasteiger partial charge is 0.507 e. The van der Waals surface area contributed by atoms with Crippen LogP contribution in [-0.2, 0) is 9.59 Å². The van der Waals surface area contributed by atoms with Crippen molar-refractivity contribution in [2.75, 3.05) is 33.8 Å². The fraction of sp³-hybridized carbons (Fsp3) is 0.385. The lowest BCUT2D eigenvalue weighted by molar-refractivity contribution is -0.139. The Kier molecular flexibility index (Phi) is 7.87. The van der Waals surface area contributed by atoms with E-state index >= 15 is 0 Å². The molecule has 33 heavy (non-hydrogen) atoms. The Labute approximate surface area is 194 Å². The van der Waals surface area contributed by atoms with Crippen LogP contribution < -0.4 is 4.74 Å². The van der Waals surface area contributed by atoms with E-state index in [-0.39, 0.29) is 11.3 Å². The van der Waals surface area contributed by atoms with Crippen molar-refractivity contribution in [1.29, 1.82) is 0 Å². The molecule has 176 valence electrons. The molecule has 1 saturated heterocycles. The number of ketones is 1. The number of amides is 1. The molecule has 0 radical (unpaired) electrons. The van der Waals surface area contributed by atoms with Crippen LogP contribution in [0.5, 0.6) is 5.75 Å². The topological polar surface area (TPSA) is 70.1 Å². The number of ether oxygens (including phenoxy) is 1. The molecule has 0 unspecified atom stereocenters. The summed E-state index contributed by atoms with van der Waals surface area (Å²) in [5, 5.41) is 11.2. The zero-order valence-electron chi connectivity index (χ0n) is 19.6. The fourth-order valence-corrected chi connectivity index (χ4v) is 3.99. The monoisotopic (exact) mass is 454 g/mol. The van der Waals surface area contributed by atoms with Gasteiger partial charge in [-0.1, -0.05) is 19.1 Å². The van der Waals surface area contributed by atoms with Gasteiger partial charge in [-0.05, 0) is 81.9 Å². The van der Waals surface area contributed by atoms with Crippen molar-refractivity contribution in [2.45, 2.75) is 32.7 Å². The number of nitrogens with zero attached hydrogens (tertiary/aromatic N) is 2. The van der Waals surface area contributed by atoms with Crippen LogP contribution in [0.1, 0.15) is 42.5 Å². The lowest BCUT2D eigenvalue weighted by Crippen LogP contribution is -2.32. The van der Waals surface area contributed by atoms with Gasteiger partial charge in [-0.25, -0.2) is 4.39 Å². The van der Waals surface area contributed by atoms with E-state index in [9.17, 15) is 19.1 Å². The predicted octanol–water partition coefficient (Wildman–Crippen LogP) is 4.30. The molecule has 6 nitrogen and oxygen atoms in total. The zero-order chi connectivity index (χ0) is 24.1. The summed E-state index contributed by atoms with van der Waals surface area (Å²) in [5.74, 6) is -1.36. The number of benzene rings is 2. The average Bonchev–Trinajstić information content (AvgIpc) is 3.03. The van der Waals surface area contributed by atoms with E-state index in [1.807, 2.05) is 32.8 Å². The van der Waals surface area contributed by atoms with Crippen LogP contribution in [0.15, 0.2) is 48.0 Å². The van der Waals surface area contributed by atoms with Crippen molar-refractivity contribution in [3.8, 4) is 5.75 Å². The Morgan fingerprint density at radius 3 is 2.45 bits per heavy atom. The SMILES string of the molecule is CCCOc1ccc(C(O)=C2C(=O)C(=O)N(CCCN(C)C)[C@H]2c2ccc(F)cc2)cc1C. The van der Waals surface area contributed by atoms with E-state index in [0.29, 0.717) is 36.4 Å². The van der Waals surface area contributed by atoms with Crippen molar-refractivity contribution in [3.05, 3.63) is 70.5 Å². The van der Waals surface area contributed by atoms with Gasteiger partial charge in [-0.15, -0.1) is 0 Å². The highest BCUT2D eigenvalue weighted by Crippen LogP contribution is 2.40. The highest BCUT2D eigenvalue weighted by atomic mass is 19.1. The van der Waals surface area contributed by atoms with Gasteiger partial charge in [-0.3, -0.25) is 9.59 Å². The second-order valence-corrected chi connectivity index (χ2v) is 8.53. The van der Waals surface area contributed by atoms with Crippen LogP contribution >= 0.6 is 0 Å². The third-order valence-corrected chi connectivity index (χ3v) is 5.64. The molecule has 0 aromatic heterocycles. The first-order valence-corrected chi connectivity index (χ1v) is 11.2. The fourth-order valence-electron chi connectivity index (χ4n) is 3.99. The summed E-state index contributed by atoms with van der Waals surface area (Å²) in [6.45, 7) is 5.53. The highest BCUT2D eigenvalue weighted by molar-refractivity contribution is 6.46. The Morgan fingerprint density at radius 2 is 1.85 bits per heavy atom. The lowest BCUT2D eigenvalue weighted by atomic mass is 9.94. The van der Waals surface area contributed by atoms with E-state index < -0.39 is 23.5 Å². The van der Waals surface area contributed by atoms with Gasteiger partial charge in [0, 0.05) is 12.1 Å². The molecule has 0 saturated carbocycles. The summed E-state index contributed by atoms with van der Waals surface area (Å²) in [7, 11) is 3.86. The minimum absolute atomic E-state index is 0.0121. The number of Topliss-reactive ketones (excluding diaryl/α,β-unsaturated/α-hetero) is 1. The van der Waals surface area contributed by atoms with Gasteiger partial charge in [0.15, 0.2) is 0 Å². The van der Waals surface area contributed by atoms with Crippen LogP contribution in [0.2, 0.25) is 0 Å². The lowest BCUT2D eigenvalue weighted by Gasteiger charge is -2.26. The maximum absolute atomic E-state index is 13.6. The maximum Gasteiger partial charge on any atom is 0.295 e. The van der Waals surface area contributed by atoms with Crippen LogP contribution in [0.25, 0.3) is 5.76 Å². The third kappa shape index (κ3) is 5.42. The summed E-state index contributed by atoms with van der Waals surface area (Å²) < 4.78 is 19.3. The van der Waals surface area contributed by atoms with Gasteiger partial charge in [0.1, 0.15) is 17.3 Å². The van der Waals surface area contributed by atoms with Crippen molar-refractivity contribution < 1.29 is 23.8 Å². The first-order valence-electron chi connectivity index (χ1n) is 11.2.